The lowest BCUT2D eigenvalue weighted by atomic mass is 9.89. The van der Waals surface area contributed by atoms with E-state index < -0.39 is 0 Å². The molecule has 162 valence electrons. The summed E-state index contributed by atoms with van der Waals surface area (Å²) < 4.78 is 15.1. The summed E-state index contributed by atoms with van der Waals surface area (Å²) in [5, 5.41) is 5.88. The minimum Gasteiger partial charge on any atom is -0.355 e. The molecule has 4 rings (SSSR count). The highest BCUT2D eigenvalue weighted by Crippen LogP contribution is 2.24. The molecule has 1 heterocycles. The van der Waals surface area contributed by atoms with E-state index in [-0.39, 0.29) is 23.5 Å². The number of aryl methyl sites for hydroxylation is 1. The zero-order valence-electron chi connectivity index (χ0n) is 17.7. The van der Waals surface area contributed by atoms with Gasteiger partial charge in [-0.15, -0.1) is 0 Å². The van der Waals surface area contributed by atoms with Crippen LogP contribution in [0.2, 0.25) is 0 Å². The number of hydrogen-bond donors (Lipinski definition) is 2. The number of rotatable bonds is 6. The second-order valence-corrected chi connectivity index (χ2v) is 8.13. The first-order chi connectivity index (χ1) is 15.0. The van der Waals surface area contributed by atoms with Crippen LogP contribution in [0, 0.1) is 11.7 Å². The summed E-state index contributed by atoms with van der Waals surface area (Å²) in [4.78, 5) is 29.4. The van der Waals surface area contributed by atoms with E-state index in [1.807, 2.05) is 29.8 Å². The van der Waals surface area contributed by atoms with E-state index in [1.165, 1.54) is 30.7 Å². The Morgan fingerprint density at radius 2 is 1.84 bits per heavy atom. The van der Waals surface area contributed by atoms with Crippen LogP contribution in [0.15, 0.2) is 42.5 Å². The molecule has 31 heavy (non-hydrogen) atoms. The number of carbonyl (C=O) groups is 2. The van der Waals surface area contributed by atoms with Gasteiger partial charge in [0.15, 0.2) is 0 Å². The van der Waals surface area contributed by atoms with Crippen molar-refractivity contribution in [2.45, 2.75) is 38.5 Å². The number of amides is 2. The number of carbonyl (C=O) groups excluding carboxylic acids is 2. The standard InChI is InChI=1S/C24H27FN4O2/c1-29-21-12-11-19(27-24(31)17-7-9-18(25)10-8-17)15-20(21)28-22(29)13-14-26-23(30)16-5-3-2-4-6-16/h7-12,15-16H,2-6,13-14H2,1H3,(H,26,30)(H,27,31). The SMILES string of the molecule is Cn1c(CCNC(=O)C2CCCCC2)nc2cc(NC(=O)c3ccc(F)cc3)ccc21. The number of aromatic nitrogens is 2. The van der Waals surface area contributed by atoms with Gasteiger partial charge in [-0.1, -0.05) is 19.3 Å². The summed E-state index contributed by atoms with van der Waals surface area (Å²) in [5.74, 6) is 0.501. The predicted octanol–water partition coefficient (Wildman–Crippen LogP) is 4.20. The topological polar surface area (TPSA) is 76.0 Å². The molecule has 1 aliphatic carbocycles. The quantitative estimate of drug-likeness (QED) is 0.625. The zero-order valence-corrected chi connectivity index (χ0v) is 17.7. The van der Waals surface area contributed by atoms with Crippen LogP contribution >= 0.6 is 0 Å². The van der Waals surface area contributed by atoms with E-state index in [9.17, 15) is 14.0 Å². The van der Waals surface area contributed by atoms with Crippen LogP contribution < -0.4 is 10.6 Å². The first-order valence-electron chi connectivity index (χ1n) is 10.8. The third-order valence-corrected chi connectivity index (χ3v) is 5.96. The van der Waals surface area contributed by atoms with Crippen molar-refractivity contribution >= 4 is 28.5 Å². The number of hydrogen-bond acceptors (Lipinski definition) is 3. The smallest absolute Gasteiger partial charge is 0.255 e. The third kappa shape index (κ3) is 4.93. The highest BCUT2D eigenvalue weighted by atomic mass is 19.1. The largest absolute Gasteiger partial charge is 0.355 e. The molecular weight excluding hydrogens is 395 g/mol. The summed E-state index contributed by atoms with van der Waals surface area (Å²) >= 11 is 0. The highest BCUT2D eigenvalue weighted by Gasteiger charge is 2.20. The van der Waals surface area contributed by atoms with Gasteiger partial charge in [-0.25, -0.2) is 9.37 Å². The molecule has 2 aromatic carbocycles. The average Bonchev–Trinajstić information content (AvgIpc) is 3.09. The lowest BCUT2D eigenvalue weighted by molar-refractivity contribution is -0.125. The van der Waals surface area contributed by atoms with Gasteiger partial charge >= 0.3 is 0 Å². The molecule has 0 bridgehead atoms. The molecule has 7 heteroatoms. The summed E-state index contributed by atoms with van der Waals surface area (Å²) in [6.07, 6.45) is 6.14. The Balaban J connectivity index is 1.39. The lowest BCUT2D eigenvalue weighted by Gasteiger charge is -2.20. The molecule has 0 saturated heterocycles. The van der Waals surface area contributed by atoms with Crippen molar-refractivity contribution in [2.24, 2.45) is 13.0 Å². The summed E-state index contributed by atoms with van der Waals surface area (Å²) in [6.45, 7) is 0.556. The van der Waals surface area contributed by atoms with Crippen LogP contribution in [0.25, 0.3) is 11.0 Å². The minimum atomic E-state index is -0.381. The second kappa shape index (κ2) is 9.29. The number of nitrogens with one attached hydrogen (secondary N) is 2. The maximum Gasteiger partial charge on any atom is 0.255 e. The fourth-order valence-electron chi connectivity index (χ4n) is 4.16. The molecule has 2 N–H and O–H groups in total. The fraction of sp³-hybridized carbons (Fsp3) is 0.375. The van der Waals surface area contributed by atoms with Gasteiger partial charge in [0, 0.05) is 37.2 Å². The second-order valence-electron chi connectivity index (χ2n) is 8.13. The van der Waals surface area contributed by atoms with Crippen molar-refractivity contribution in [3.8, 4) is 0 Å². The van der Waals surface area contributed by atoms with Crippen LogP contribution in [0.1, 0.15) is 48.3 Å². The number of anilines is 1. The van der Waals surface area contributed by atoms with Gasteiger partial charge in [0.25, 0.3) is 5.91 Å². The normalized spacial score (nSPS) is 14.5. The maximum atomic E-state index is 13.1. The Bertz CT molecular complexity index is 1080. The van der Waals surface area contributed by atoms with Crippen molar-refractivity contribution < 1.29 is 14.0 Å². The Labute approximate surface area is 180 Å². The van der Waals surface area contributed by atoms with Crippen LogP contribution in [-0.2, 0) is 18.3 Å². The molecule has 0 aliphatic heterocycles. The van der Waals surface area contributed by atoms with Crippen molar-refractivity contribution in [3.63, 3.8) is 0 Å². The van der Waals surface area contributed by atoms with Gasteiger partial charge in [0.1, 0.15) is 11.6 Å². The Hall–Kier alpha value is -3.22. The van der Waals surface area contributed by atoms with Gasteiger partial charge in [-0.05, 0) is 55.3 Å². The molecule has 1 aliphatic rings. The Kier molecular flexibility index (Phi) is 6.30. The number of nitrogens with zero attached hydrogens (tertiary/aromatic N) is 2. The summed E-state index contributed by atoms with van der Waals surface area (Å²) in [6, 6.07) is 11.0. The number of benzene rings is 2. The van der Waals surface area contributed by atoms with Crippen LogP contribution in [0.3, 0.4) is 0 Å². The van der Waals surface area contributed by atoms with Crippen molar-refractivity contribution in [1.29, 1.82) is 0 Å². The van der Waals surface area contributed by atoms with E-state index in [0.717, 1.165) is 42.5 Å². The summed E-state index contributed by atoms with van der Waals surface area (Å²) in [7, 11) is 1.95. The molecule has 0 atom stereocenters. The average molecular weight is 423 g/mol. The number of imidazole rings is 1. The molecular formula is C24H27FN4O2. The molecule has 1 fully saturated rings. The molecule has 1 saturated carbocycles. The van der Waals surface area contributed by atoms with Crippen LogP contribution in [0.5, 0.6) is 0 Å². The number of fused-ring (bicyclic) bond motifs is 1. The van der Waals surface area contributed by atoms with Gasteiger partial charge in [-0.2, -0.15) is 0 Å². The van der Waals surface area contributed by atoms with Gasteiger partial charge < -0.3 is 15.2 Å². The minimum absolute atomic E-state index is 0.154. The predicted molar refractivity (Wildman–Crippen MR) is 118 cm³/mol. The van der Waals surface area contributed by atoms with Crippen LogP contribution in [-0.4, -0.2) is 27.9 Å². The molecule has 3 aromatic rings. The molecule has 0 radical (unpaired) electrons. The van der Waals surface area contributed by atoms with E-state index in [1.54, 1.807) is 0 Å². The molecule has 1 aromatic heterocycles. The van der Waals surface area contributed by atoms with E-state index in [4.69, 9.17) is 0 Å². The van der Waals surface area contributed by atoms with Crippen molar-refractivity contribution in [1.82, 2.24) is 14.9 Å². The van der Waals surface area contributed by atoms with Gasteiger partial charge in [0.05, 0.1) is 11.0 Å². The maximum absolute atomic E-state index is 13.1. The summed E-state index contributed by atoms with van der Waals surface area (Å²) in [5.41, 5.74) is 2.73. The molecule has 0 unspecified atom stereocenters. The first kappa shape index (κ1) is 21.0. The molecule has 6 nitrogen and oxygen atoms in total. The zero-order chi connectivity index (χ0) is 21.8. The van der Waals surface area contributed by atoms with Crippen molar-refractivity contribution in [3.05, 3.63) is 59.7 Å². The Morgan fingerprint density at radius 1 is 1.10 bits per heavy atom. The number of halogens is 1. The molecule has 2 amide bonds. The van der Waals surface area contributed by atoms with E-state index in [0.29, 0.717) is 24.2 Å². The van der Waals surface area contributed by atoms with Gasteiger partial charge in [-0.3, -0.25) is 9.59 Å². The van der Waals surface area contributed by atoms with Crippen molar-refractivity contribution in [2.75, 3.05) is 11.9 Å². The van der Waals surface area contributed by atoms with Gasteiger partial charge in [0.2, 0.25) is 5.91 Å². The molecule has 0 spiro atoms. The fourth-order valence-corrected chi connectivity index (χ4v) is 4.16. The van der Waals surface area contributed by atoms with Crippen LogP contribution in [0.4, 0.5) is 10.1 Å². The Morgan fingerprint density at radius 3 is 2.58 bits per heavy atom. The van der Waals surface area contributed by atoms with E-state index >= 15 is 0 Å². The third-order valence-electron chi connectivity index (χ3n) is 5.96. The lowest BCUT2D eigenvalue weighted by Crippen LogP contribution is -2.33. The first-order valence-corrected chi connectivity index (χ1v) is 10.8. The monoisotopic (exact) mass is 422 g/mol. The highest BCUT2D eigenvalue weighted by molar-refractivity contribution is 6.04. The van der Waals surface area contributed by atoms with E-state index in [2.05, 4.69) is 15.6 Å².